The molecule has 6 heteroatoms. The fourth-order valence-electron chi connectivity index (χ4n) is 2.04. The summed E-state index contributed by atoms with van der Waals surface area (Å²) < 4.78 is 9.94. The maximum Gasteiger partial charge on any atom is 0.328 e. The Morgan fingerprint density at radius 1 is 1.42 bits per heavy atom. The van der Waals surface area contributed by atoms with Gasteiger partial charge in [-0.05, 0) is 18.8 Å². The van der Waals surface area contributed by atoms with E-state index in [0.29, 0.717) is 26.1 Å². The summed E-state index contributed by atoms with van der Waals surface area (Å²) in [6.45, 7) is 4.79. The molecule has 0 radical (unpaired) electrons. The van der Waals surface area contributed by atoms with E-state index in [0.717, 1.165) is 6.42 Å². The Kier molecular flexibility index (Phi) is 5.75. The molecule has 19 heavy (non-hydrogen) atoms. The van der Waals surface area contributed by atoms with Crippen molar-refractivity contribution in [2.24, 2.45) is 11.7 Å². The first-order valence-electron chi connectivity index (χ1n) is 6.70. The molecule has 1 rings (SSSR count). The number of carbonyl (C=O) groups excluding carboxylic acids is 2. The number of hydrogen-bond acceptors (Lipinski definition) is 5. The number of esters is 1. The molecule has 2 unspecified atom stereocenters. The first-order chi connectivity index (χ1) is 8.94. The molecular formula is C13H24N2O4. The normalized spacial score (nSPS) is 21.3. The predicted molar refractivity (Wildman–Crippen MR) is 70.4 cm³/mol. The molecule has 6 nitrogen and oxygen atoms in total. The molecule has 1 amide bonds. The zero-order valence-corrected chi connectivity index (χ0v) is 11.9. The van der Waals surface area contributed by atoms with Gasteiger partial charge in [-0.1, -0.05) is 20.3 Å². The molecule has 0 bridgehead atoms. The molecule has 1 saturated heterocycles. The molecular weight excluding hydrogens is 248 g/mol. The maximum atomic E-state index is 12.3. The van der Waals surface area contributed by atoms with E-state index < -0.39 is 17.6 Å². The van der Waals surface area contributed by atoms with Gasteiger partial charge in [0.05, 0.1) is 12.6 Å². The van der Waals surface area contributed by atoms with Crippen LogP contribution in [0.3, 0.4) is 0 Å². The fraction of sp³-hybridized carbons (Fsp3) is 0.846. The van der Waals surface area contributed by atoms with Crippen LogP contribution in [0.4, 0.5) is 0 Å². The highest BCUT2D eigenvalue weighted by atomic mass is 16.5. The van der Waals surface area contributed by atoms with E-state index in [1.54, 1.807) is 0 Å². The number of rotatable bonds is 5. The van der Waals surface area contributed by atoms with Crippen molar-refractivity contribution in [1.82, 2.24) is 5.32 Å². The van der Waals surface area contributed by atoms with Crippen LogP contribution in [-0.4, -0.2) is 43.8 Å². The highest BCUT2D eigenvalue weighted by molar-refractivity contribution is 5.90. The summed E-state index contributed by atoms with van der Waals surface area (Å²) in [5, 5.41) is 2.73. The topological polar surface area (TPSA) is 90.7 Å². The fourth-order valence-corrected chi connectivity index (χ4v) is 2.04. The second-order valence-electron chi connectivity index (χ2n) is 5.13. The minimum atomic E-state index is -0.946. The molecule has 110 valence electrons. The van der Waals surface area contributed by atoms with E-state index in [4.69, 9.17) is 15.2 Å². The Balaban J connectivity index is 2.72. The second-order valence-corrected chi connectivity index (χ2v) is 5.13. The number of amides is 1. The Hall–Kier alpha value is -1.14. The van der Waals surface area contributed by atoms with Crippen molar-refractivity contribution in [3.8, 4) is 0 Å². The largest absolute Gasteiger partial charge is 0.467 e. The van der Waals surface area contributed by atoms with E-state index in [1.165, 1.54) is 7.11 Å². The van der Waals surface area contributed by atoms with Gasteiger partial charge < -0.3 is 20.5 Å². The van der Waals surface area contributed by atoms with Crippen molar-refractivity contribution in [2.75, 3.05) is 20.3 Å². The monoisotopic (exact) mass is 272 g/mol. The minimum absolute atomic E-state index is 0.000148. The van der Waals surface area contributed by atoms with Gasteiger partial charge in [-0.15, -0.1) is 0 Å². The Bertz CT molecular complexity index is 327. The van der Waals surface area contributed by atoms with Gasteiger partial charge in [0.25, 0.3) is 0 Å². The van der Waals surface area contributed by atoms with Crippen molar-refractivity contribution in [3.05, 3.63) is 0 Å². The lowest BCUT2D eigenvalue weighted by molar-refractivity contribution is -0.147. The van der Waals surface area contributed by atoms with E-state index in [-0.39, 0.29) is 11.8 Å². The third-order valence-electron chi connectivity index (χ3n) is 3.79. The van der Waals surface area contributed by atoms with Crippen LogP contribution >= 0.6 is 0 Å². The van der Waals surface area contributed by atoms with Gasteiger partial charge in [-0.25, -0.2) is 4.79 Å². The van der Waals surface area contributed by atoms with Crippen molar-refractivity contribution in [2.45, 2.75) is 44.7 Å². The first-order valence-corrected chi connectivity index (χ1v) is 6.70. The number of carbonyl (C=O) groups is 2. The summed E-state index contributed by atoms with van der Waals surface area (Å²) in [5.41, 5.74) is 5.14. The van der Waals surface area contributed by atoms with Gasteiger partial charge in [0.1, 0.15) is 6.04 Å². The van der Waals surface area contributed by atoms with Gasteiger partial charge in [0, 0.05) is 13.2 Å². The van der Waals surface area contributed by atoms with E-state index in [2.05, 4.69) is 5.32 Å². The molecule has 2 atom stereocenters. The average molecular weight is 272 g/mol. The van der Waals surface area contributed by atoms with Crippen LogP contribution in [0.15, 0.2) is 0 Å². The summed E-state index contributed by atoms with van der Waals surface area (Å²) in [4.78, 5) is 24.0. The standard InChI is InChI=1S/C13H24N2O4/c1-4-9(2)10(11(16)18-3)15-12(17)13(14)5-7-19-8-6-13/h9-10H,4-8,14H2,1-3H3,(H,15,17). The van der Waals surface area contributed by atoms with Gasteiger partial charge in [0.15, 0.2) is 0 Å². The number of nitrogens with one attached hydrogen (secondary N) is 1. The van der Waals surface area contributed by atoms with Crippen LogP contribution in [0.2, 0.25) is 0 Å². The summed E-state index contributed by atoms with van der Waals surface area (Å²) in [6.07, 6.45) is 1.70. The van der Waals surface area contributed by atoms with Crippen molar-refractivity contribution < 1.29 is 19.1 Å². The van der Waals surface area contributed by atoms with Gasteiger partial charge in [0.2, 0.25) is 5.91 Å². The molecule has 0 aromatic heterocycles. The van der Waals surface area contributed by atoms with Gasteiger partial charge >= 0.3 is 5.97 Å². The molecule has 0 spiro atoms. The molecule has 3 N–H and O–H groups in total. The van der Waals surface area contributed by atoms with Crippen LogP contribution in [0.25, 0.3) is 0 Å². The summed E-state index contributed by atoms with van der Waals surface area (Å²) >= 11 is 0. The summed E-state index contributed by atoms with van der Waals surface area (Å²) in [7, 11) is 1.32. The summed E-state index contributed by atoms with van der Waals surface area (Å²) in [5.74, 6) is -0.732. The molecule has 0 aromatic rings. The third-order valence-corrected chi connectivity index (χ3v) is 3.79. The molecule has 1 heterocycles. The number of nitrogens with two attached hydrogens (primary N) is 1. The molecule has 1 aliphatic heterocycles. The minimum Gasteiger partial charge on any atom is -0.467 e. The molecule has 0 aromatic carbocycles. The quantitative estimate of drug-likeness (QED) is 0.698. The zero-order chi connectivity index (χ0) is 14.5. The zero-order valence-electron chi connectivity index (χ0n) is 11.9. The number of methoxy groups -OCH3 is 1. The Morgan fingerprint density at radius 2 is 2.00 bits per heavy atom. The van der Waals surface area contributed by atoms with Crippen molar-refractivity contribution in [3.63, 3.8) is 0 Å². The van der Waals surface area contributed by atoms with Crippen LogP contribution in [-0.2, 0) is 19.1 Å². The van der Waals surface area contributed by atoms with Gasteiger partial charge in [-0.2, -0.15) is 0 Å². The van der Waals surface area contributed by atoms with E-state index in [9.17, 15) is 9.59 Å². The van der Waals surface area contributed by atoms with Crippen molar-refractivity contribution in [1.29, 1.82) is 0 Å². The average Bonchev–Trinajstić information content (AvgIpc) is 2.43. The predicted octanol–water partition coefficient (Wildman–Crippen LogP) is 0.198. The lowest BCUT2D eigenvalue weighted by atomic mass is 9.89. The highest BCUT2D eigenvalue weighted by Gasteiger charge is 2.39. The lowest BCUT2D eigenvalue weighted by Crippen LogP contribution is -2.60. The molecule has 0 aliphatic carbocycles. The Morgan fingerprint density at radius 3 is 2.47 bits per heavy atom. The van der Waals surface area contributed by atoms with E-state index >= 15 is 0 Å². The molecule has 0 saturated carbocycles. The highest BCUT2D eigenvalue weighted by Crippen LogP contribution is 2.19. The van der Waals surface area contributed by atoms with Crippen LogP contribution in [0.1, 0.15) is 33.1 Å². The third kappa shape index (κ3) is 3.91. The Labute approximate surface area is 114 Å². The molecule has 1 fully saturated rings. The SMILES string of the molecule is CCC(C)C(NC(=O)C1(N)CCOCC1)C(=O)OC. The number of ether oxygens (including phenoxy) is 2. The number of hydrogen-bond donors (Lipinski definition) is 2. The maximum absolute atomic E-state index is 12.3. The van der Waals surface area contributed by atoms with Crippen LogP contribution in [0, 0.1) is 5.92 Å². The smallest absolute Gasteiger partial charge is 0.328 e. The van der Waals surface area contributed by atoms with Gasteiger partial charge in [-0.3, -0.25) is 4.79 Å². The van der Waals surface area contributed by atoms with Crippen LogP contribution < -0.4 is 11.1 Å². The second kappa shape index (κ2) is 6.86. The van der Waals surface area contributed by atoms with Crippen molar-refractivity contribution >= 4 is 11.9 Å². The summed E-state index contributed by atoms with van der Waals surface area (Å²) in [6, 6.07) is -0.647. The van der Waals surface area contributed by atoms with E-state index in [1.807, 2.05) is 13.8 Å². The first kappa shape index (κ1) is 15.9. The van der Waals surface area contributed by atoms with Crippen LogP contribution in [0.5, 0.6) is 0 Å². The lowest BCUT2D eigenvalue weighted by Gasteiger charge is -2.34. The molecule has 1 aliphatic rings.